The van der Waals surface area contributed by atoms with Crippen molar-refractivity contribution in [3.05, 3.63) is 0 Å². The Labute approximate surface area is 97.3 Å². The highest BCUT2D eigenvalue weighted by Crippen LogP contribution is 2.10. The van der Waals surface area contributed by atoms with Crippen molar-refractivity contribution in [3.8, 4) is 0 Å². The molecule has 1 fully saturated rings. The second-order valence-corrected chi connectivity index (χ2v) is 5.78. The van der Waals surface area contributed by atoms with E-state index in [1.807, 2.05) is 13.8 Å². The molecule has 1 aliphatic rings. The number of nitrogens with two attached hydrogens (primary N) is 1. The molecule has 1 heterocycles. The average Bonchev–Trinajstić information content (AvgIpc) is 2.26. The fraction of sp³-hybridized carbons (Fsp3) is 1.00. The van der Waals surface area contributed by atoms with Gasteiger partial charge in [0.05, 0.1) is 12.7 Å². The number of hydrogen-bond donors (Lipinski definition) is 2. The monoisotopic (exact) mass is 251 g/mol. The van der Waals surface area contributed by atoms with Crippen LogP contribution in [0.15, 0.2) is 0 Å². The van der Waals surface area contributed by atoms with Gasteiger partial charge in [0.1, 0.15) is 0 Å². The fourth-order valence-corrected chi connectivity index (χ4v) is 2.81. The van der Waals surface area contributed by atoms with Crippen molar-refractivity contribution >= 4 is 10.2 Å². The maximum atomic E-state index is 11.8. The van der Waals surface area contributed by atoms with Crippen LogP contribution in [0.2, 0.25) is 0 Å². The molecular weight excluding hydrogens is 230 g/mol. The second kappa shape index (κ2) is 5.92. The quantitative estimate of drug-likeness (QED) is 0.675. The Kier molecular flexibility index (Phi) is 5.13. The number of ether oxygens (including phenoxy) is 1. The smallest absolute Gasteiger partial charge is 0.279 e. The summed E-state index contributed by atoms with van der Waals surface area (Å²) in [5, 5.41) is 0. The van der Waals surface area contributed by atoms with Gasteiger partial charge in [0.15, 0.2) is 0 Å². The summed E-state index contributed by atoms with van der Waals surface area (Å²) in [6.45, 7) is 5.33. The van der Waals surface area contributed by atoms with Gasteiger partial charge in [0, 0.05) is 25.7 Å². The molecule has 96 valence electrons. The Morgan fingerprint density at radius 1 is 1.62 bits per heavy atom. The highest BCUT2D eigenvalue weighted by atomic mass is 32.2. The van der Waals surface area contributed by atoms with Crippen LogP contribution in [-0.4, -0.2) is 51.1 Å². The second-order valence-electron chi connectivity index (χ2n) is 4.03. The molecule has 6 nitrogen and oxygen atoms in total. The van der Waals surface area contributed by atoms with Gasteiger partial charge in [0.25, 0.3) is 10.2 Å². The normalized spacial score (nSPS) is 25.6. The molecule has 0 aliphatic carbocycles. The van der Waals surface area contributed by atoms with Crippen molar-refractivity contribution in [1.29, 1.82) is 0 Å². The summed E-state index contributed by atoms with van der Waals surface area (Å²) in [6, 6.07) is -0.163. The third-order valence-corrected chi connectivity index (χ3v) is 4.10. The molecule has 0 aromatic heterocycles. The van der Waals surface area contributed by atoms with Crippen LogP contribution in [0.3, 0.4) is 0 Å². The number of morpholine rings is 1. The van der Waals surface area contributed by atoms with Gasteiger partial charge >= 0.3 is 0 Å². The van der Waals surface area contributed by atoms with Gasteiger partial charge in [-0.1, -0.05) is 6.92 Å². The highest BCUT2D eigenvalue weighted by molar-refractivity contribution is 7.87. The zero-order valence-corrected chi connectivity index (χ0v) is 10.7. The summed E-state index contributed by atoms with van der Waals surface area (Å²) in [4.78, 5) is 0. The molecule has 0 saturated carbocycles. The molecule has 0 amide bonds. The first kappa shape index (κ1) is 13.9. The lowest BCUT2D eigenvalue weighted by Gasteiger charge is -2.33. The summed E-state index contributed by atoms with van der Waals surface area (Å²) in [5.74, 6) is 0. The van der Waals surface area contributed by atoms with Crippen LogP contribution in [-0.2, 0) is 14.9 Å². The summed E-state index contributed by atoms with van der Waals surface area (Å²) in [6.07, 6.45) is 0.562. The van der Waals surface area contributed by atoms with Crippen molar-refractivity contribution in [2.24, 2.45) is 5.73 Å². The van der Waals surface area contributed by atoms with Gasteiger partial charge in [-0.2, -0.15) is 12.7 Å². The van der Waals surface area contributed by atoms with Crippen LogP contribution >= 0.6 is 0 Å². The lowest BCUT2D eigenvalue weighted by atomic mass is 10.2. The molecule has 0 aromatic rings. The number of nitrogens with zero attached hydrogens (tertiary/aromatic N) is 1. The van der Waals surface area contributed by atoms with E-state index in [1.54, 1.807) is 0 Å². The standard InChI is InChI=1S/C9H21N3O3S/c1-3-4-11-16(13,14)12-5-6-15-9(7-12)8(2)10/h8-9,11H,3-7,10H2,1-2H3. The SMILES string of the molecule is CCCNS(=O)(=O)N1CCOC(C(C)N)C1. The van der Waals surface area contributed by atoms with Crippen LogP contribution in [0.1, 0.15) is 20.3 Å². The number of hydrogen-bond acceptors (Lipinski definition) is 4. The Bertz CT molecular complexity index is 305. The van der Waals surface area contributed by atoms with Crippen LogP contribution in [0, 0.1) is 0 Å². The molecule has 1 saturated heterocycles. The first-order valence-corrected chi connectivity index (χ1v) is 7.03. The van der Waals surface area contributed by atoms with E-state index in [4.69, 9.17) is 10.5 Å². The maximum Gasteiger partial charge on any atom is 0.279 e. The molecule has 0 bridgehead atoms. The van der Waals surface area contributed by atoms with Crippen LogP contribution < -0.4 is 10.5 Å². The molecule has 3 N–H and O–H groups in total. The summed E-state index contributed by atoms with van der Waals surface area (Å²) in [7, 11) is -3.36. The van der Waals surface area contributed by atoms with E-state index in [1.165, 1.54) is 4.31 Å². The number of rotatable bonds is 5. The molecule has 7 heteroatoms. The van der Waals surface area contributed by atoms with Crippen molar-refractivity contribution in [2.45, 2.75) is 32.4 Å². The van der Waals surface area contributed by atoms with Gasteiger partial charge in [-0.25, -0.2) is 4.72 Å². The van der Waals surface area contributed by atoms with E-state index in [9.17, 15) is 8.42 Å². The Balaban J connectivity index is 2.59. The summed E-state index contributed by atoms with van der Waals surface area (Å²) < 4.78 is 33.0. The molecule has 0 radical (unpaired) electrons. The summed E-state index contributed by atoms with van der Waals surface area (Å²) >= 11 is 0. The minimum absolute atomic E-state index is 0.163. The highest BCUT2D eigenvalue weighted by Gasteiger charge is 2.30. The molecule has 2 unspecified atom stereocenters. The van der Waals surface area contributed by atoms with E-state index in [2.05, 4.69) is 4.72 Å². The van der Waals surface area contributed by atoms with Gasteiger partial charge in [-0.15, -0.1) is 0 Å². The molecular formula is C9H21N3O3S. The molecule has 16 heavy (non-hydrogen) atoms. The number of nitrogens with one attached hydrogen (secondary N) is 1. The topological polar surface area (TPSA) is 84.7 Å². The lowest BCUT2D eigenvalue weighted by molar-refractivity contribution is -0.0123. The van der Waals surface area contributed by atoms with Crippen LogP contribution in [0.5, 0.6) is 0 Å². The van der Waals surface area contributed by atoms with E-state index >= 15 is 0 Å². The molecule has 0 spiro atoms. The maximum absolute atomic E-state index is 11.8. The van der Waals surface area contributed by atoms with Gasteiger partial charge in [0.2, 0.25) is 0 Å². The fourth-order valence-electron chi connectivity index (χ4n) is 1.51. The van der Waals surface area contributed by atoms with Crippen molar-refractivity contribution in [3.63, 3.8) is 0 Å². The summed E-state index contributed by atoms with van der Waals surface area (Å²) in [5.41, 5.74) is 5.71. The zero-order chi connectivity index (χ0) is 12.2. The Morgan fingerprint density at radius 3 is 2.88 bits per heavy atom. The van der Waals surface area contributed by atoms with Crippen molar-refractivity contribution in [2.75, 3.05) is 26.2 Å². The Morgan fingerprint density at radius 2 is 2.31 bits per heavy atom. The van der Waals surface area contributed by atoms with Crippen molar-refractivity contribution < 1.29 is 13.2 Å². The van der Waals surface area contributed by atoms with E-state index < -0.39 is 10.2 Å². The third kappa shape index (κ3) is 3.67. The minimum Gasteiger partial charge on any atom is -0.374 e. The predicted octanol–water partition coefficient (Wildman–Crippen LogP) is -0.721. The molecule has 1 rings (SSSR count). The Hall–Kier alpha value is -0.210. The average molecular weight is 251 g/mol. The van der Waals surface area contributed by atoms with E-state index in [0.29, 0.717) is 26.2 Å². The molecule has 1 aliphatic heterocycles. The van der Waals surface area contributed by atoms with Gasteiger partial charge < -0.3 is 10.5 Å². The first-order chi connectivity index (χ1) is 7.47. The first-order valence-electron chi connectivity index (χ1n) is 5.59. The molecule has 0 aromatic carbocycles. The largest absolute Gasteiger partial charge is 0.374 e. The van der Waals surface area contributed by atoms with Crippen LogP contribution in [0.25, 0.3) is 0 Å². The van der Waals surface area contributed by atoms with E-state index in [0.717, 1.165) is 6.42 Å². The van der Waals surface area contributed by atoms with Gasteiger partial charge in [-0.3, -0.25) is 0 Å². The molecule has 2 atom stereocenters. The zero-order valence-electron chi connectivity index (χ0n) is 9.85. The van der Waals surface area contributed by atoms with Gasteiger partial charge in [-0.05, 0) is 13.3 Å². The predicted molar refractivity (Wildman–Crippen MR) is 62.2 cm³/mol. The van der Waals surface area contributed by atoms with E-state index in [-0.39, 0.29) is 12.1 Å². The minimum atomic E-state index is -3.36. The van der Waals surface area contributed by atoms with Crippen molar-refractivity contribution in [1.82, 2.24) is 9.03 Å². The third-order valence-electron chi connectivity index (χ3n) is 2.52. The van der Waals surface area contributed by atoms with Crippen LogP contribution in [0.4, 0.5) is 0 Å². The lowest BCUT2D eigenvalue weighted by Crippen LogP contribution is -2.54.